The molecule has 2 aliphatic rings. The van der Waals surface area contributed by atoms with E-state index in [1.165, 1.54) is 5.06 Å². The molecule has 1 aromatic carbocycles. The van der Waals surface area contributed by atoms with E-state index >= 15 is 0 Å². The second-order valence-corrected chi connectivity index (χ2v) is 16.0. The molecule has 1 fully saturated rings. The molecule has 3 rings (SSSR count). The fourth-order valence-electron chi connectivity index (χ4n) is 6.80. The highest BCUT2D eigenvalue weighted by Gasteiger charge is 2.24. The number of aliphatic imine (C=N–C) groups is 3. The number of guanidine groups is 1. The molecular formula is C49H81N7O15. The number of hydroxylamine groups is 2. The number of rotatable bonds is 41. The summed E-state index contributed by atoms with van der Waals surface area (Å²) in [7, 11) is 0. The number of piperazine rings is 1. The van der Waals surface area contributed by atoms with E-state index < -0.39 is 12.2 Å². The monoisotopic (exact) mass is 1010 g/mol. The molecule has 0 spiro atoms. The first-order valence-electron chi connectivity index (χ1n) is 24.7. The lowest BCUT2D eigenvalue weighted by Crippen LogP contribution is -2.51. The second-order valence-electron chi connectivity index (χ2n) is 16.0. The maximum absolute atomic E-state index is 13.3. The van der Waals surface area contributed by atoms with Gasteiger partial charge in [-0.15, -0.1) is 0 Å². The highest BCUT2D eigenvalue weighted by atomic mass is 16.7. The highest BCUT2D eigenvalue weighted by molar-refractivity contribution is 6.05. The Hall–Kier alpha value is -4.27. The number of carboxylic acid groups (broad SMARTS) is 1. The van der Waals surface area contributed by atoms with Gasteiger partial charge in [-0.2, -0.15) is 0 Å². The molecule has 0 aromatic heterocycles. The molecular weight excluding hydrogens is 927 g/mol. The van der Waals surface area contributed by atoms with Crippen LogP contribution in [0.4, 0.5) is 5.69 Å². The van der Waals surface area contributed by atoms with Crippen LogP contribution >= 0.6 is 0 Å². The quantitative estimate of drug-likeness (QED) is 0.0369. The first-order chi connectivity index (χ1) is 34.7. The van der Waals surface area contributed by atoms with E-state index in [0.29, 0.717) is 194 Å². The smallest absolute Gasteiger partial charge is 0.305 e. The number of allylic oxidation sites excluding steroid dienone is 1. The minimum absolute atomic E-state index is 0.0125. The molecule has 1 aromatic rings. The lowest BCUT2D eigenvalue weighted by Gasteiger charge is -2.37. The van der Waals surface area contributed by atoms with Crippen LogP contribution in [0.15, 0.2) is 44.9 Å². The molecule has 2 heterocycles. The van der Waals surface area contributed by atoms with Crippen molar-refractivity contribution in [3.8, 4) is 0 Å². The minimum atomic E-state index is -0.882. The van der Waals surface area contributed by atoms with Crippen molar-refractivity contribution in [2.24, 2.45) is 20.7 Å². The third-order valence-electron chi connectivity index (χ3n) is 10.5. The molecule has 1 atom stereocenters. The van der Waals surface area contributed by atoms with Crippen molar-refractivity contribution in [2.45, 2.75) is 52.7 Å². The van der Waals surface area contributed by atoms with Gasteiger partial charge in [-0.05, 0) is 50.3 Å². The number of hydrogen-bond acceptors (Lipinski definition) is 18. The maximum atomic E-state index is 13.3. The van der Waals surface area contributed by atoms with Crippen molar-refractivity contribution in [3.05, 3.63) is 41.1 Å². The van der Waals surface area contributed by atoms with Crippen molar-refractivity contribution in [3.63, 3.8) is 0 Å². The molecule has 1 saturated heterocycles. The van der Waals surface area contributed by atoms with E-state index in [1.807, 2.05) is 54.8 Å². The van der Waals surface area contributed by atoms with Crippen molar-refractivity contribution < 1.29 is 72.0 Å². The van der Waals surface area contributed by atoms with E-state index in [0.717, 1.165) is 23.1 Å². The summed E-state index contributed by atoms with van der Waals surface area (Å²) in [6.07, 6.45) is 4.42. The van der Waals surface area contributed by atoms with Crippen molar-refractivity contribution in [1.82, 2.24) is 14.9 Å². The predicted octanol–water partition coefficient (Wildman–Crippen LogP) is 3.04. The highest BCUT2D eigenvalue weighted by Crippen LogP contribution is 2.30. The number of ether oxygens (including phenoxy) is 10. The number of fused-ring (bicyclic) bond motifs is 1. The summed E-state index contributed by atoms with van der Waals surface area (Å²) < 4.78 is 54.7. The summed E-state index contributed by atoms with van der Waals surface area (Å²) in [4.78, 5) is 46.8. The van der Waals surface area contributed by atoms with Crippen LogP contribution in [-0.4, -0.2) is 233 Å². The number of carbonyl (C=O) groups excluding carboxylic acids is 1. The Morgan fingerprint density at radius 2 is 1.24 bits per heavy atom. The van der Waals surface area contributed by atoms with E-state index in [-0.39, 0.29) is 25.4 Å². The van der Waals surface area contributed by atoms with Crippen LogP contribution in [0.1, 0.15) is 57.6 Å². The van der Waals surface area contributed by atoms with E-state index in [4.69, 9.17) is 63.0 Å². The summed E-state index contributed by atoms with van der Waals surface area (Å²) in [5, 5.41) is 20.7. The lowest BCUT2D eigenvalue weighted by molar-refractivity contribution is -0.180. The predicted molar refractivity (Wildman–Crippen MR) is 269 cm³/mol. The van der Waals surface area contributed by atoms with Gasteiger partial charge in [0.2, 0.25) is 5.96 Å². The van der Waals surface area contributed by atoms with Crippen LogP contribution in [0.25, 0.3) is 11.6 Å². The molecule has 402 valence electrons. The third kappa shape index (κ3) is 27.4. The molecule has 0 radical (unpaired) electrons. The van der Waals surface area contributed by atoms with Crippen LogP contribution in [-0.2, 0) is 61.8 Å². The molecule has 71 heavy (non-hydrogen) atoms. The van der Waals surface area contributed by atoms with Gasteiger partial charge in [0.1, 0.15) is 12.1 Å². The molecule has 2 aliphatic heterocycles. The SMILES string of the molecule is C=NC(=N/C=C(\C)c1ccc2c(c1)N=C(N)CC(C(=O)N(CCC)OCC)=C2)N1CCN(C(O)CCOCCOCCOCCOCCOCCOCCOCCOCCOCCOCCC(=O)O)CC1. The summed E-state index contributed by atoms with van der Waals surface area (Å²) >= 11 is 0. The summed E-state index contributed by atoms with van der Waals surface area (Å²) in [5.41, 5.74) is 10.1. The second kappa shape index (κ2) is 39.3. The first-order valence-corrected chi connectivity index (χ1v) is 24.7. The molecule has 0 bridgehead atoms. The summed E-state index contributed by atoms with van der Waals surface area (Å²) in [6, 6.07) is 5.83. The number of aliphatic hydroxyl groups is 1. The zero-order valence-corrected chi connectivity index (χ0v) is 42.3. The van der Waals surface area contributed by atoms with Crippen LogP contribution in [0, 0.1) is 0 Å². The van der Waals surface area contributed by atoms with Crippen LogP contribution < -0.4 is 5.73 Å². The Balaban J connectivity index is 1.13. The molecule has 0 aliphatic carbocycles. The number of amidine groups is 1. The average molecular weight is 1010 g/mol. The van der Waals surface area contributed by atoms with Crippen LogP contribution in [0.5, 0.6) is 0 Å². The van der Waals surface area contributed by atoms with Gasteiger partial charge in [0, 0.05) is 62.9 Å². The molecule has 1 amide bonds. The average Bonchev–Trinajstić information content (AvgIpc) is 3.54. The first kappa shape index (κ1) is 61.0. The fourth-order valence-corrected chi connectivity index (χ4v) is 6.80. The number of benzene rings is 1. The van der Waals surface area contributed by atoms with Gasteiger partial charge in [-0.1, -0.05) is 19.1 Å². The summed E-state index contributed by atoms with van der Waals surface area (Å²) in [6.45, 7) is 21.6. The Bertz CT molecular complexity index is 1750. The van der Waals surface area contributed by atoms with Gasteiger partial charge in [-0.25, -0.2) is 20.0 Å². The van der Waals surface area contributed by atoms with Crippen LogP contribution in [0.2, 0.25) is 0 Å². The van der Waals surface area contributed by atoms with Crippen molar-refractivity contribution in [2.75, 3.05) is 171 Å². The van der Waals surface area contributed by atoms with E-state index in [2.05, 4.69) is 21.7 Å². The van der Waals surface area contributed by atoms with Gasteiger partial charge in [0.05, 0.1) is 151 Å². The molecule has 1 unspecified atom stereocenters. The molecule has 4 N–H and O–H groups in total. The fraction of sp³-hybridized carbons (Fsp3) is 0.694. The lowest BCUT2D eigenvalue weighted by atomic mass is 10.0. The molecule has 0 saturated carbocycles. The Labute approximate surface area is 419 Å². The van der Waals surface area contributed by atoms with Crippen molar-refractivity contribution >= 4 is 47.7 Å². The minimum Gasteiger partial charge on any atom is -0.481 e. The number of hydrogen-bond donors (Lipinski definition) is 3. The number of carbonyl (C=O) groups is 2. The van der Waals surface area contributed by atoms with E-state index in [1.54, 1.807) is 6.20 Å². The standard InChI is InChI=1S/C49H81N7O15/c1-5-11-56(71-6-2)48(60)43-36-42-8-7-41(37-44(42)53-45(50)38-43)40(3)39-52-49(51-4)55-14-12-54(13-15-55)46(57)9-16-61-18-20-63-22-24-65-26-28-67-30-32-69-34-35-70-33-31-68-29-27-66-25-23-64-21-19-62-17-10-47(58)59/h7-8,36-37,39,46,57H,4-6,9-35,38H2,1-3H3,(H2,50,53)(H,58,59)/b40-39+,52-49?. The molecule has 22 heteroatoms. The number of nitrogens with two attached hydrogens (primary N) is 1. The topological polar surface area (TPSA) is 249 Å². The largest absolute Gasteiger partial charge is 0.481 e. The van der Waals surface area contributed by atoms with Gasteiger partial charge in [0.25, 0.3) is 5.91 Å². The van der Waals surface area contributed by atoms with Gasteiger partial charge >= 0.3 is 5.97 Å². The Kier molecular flexibility index (Phi) is 33.8. The molecule has 22 nitrogen and oxygen atoms in total. The number of aliphatic carboxylic acids is 1. The summed E-state index contributed by atoms with van der Waals surface area (Å²) in [5.74, 6) is -0.238. The number of carboxylic acids is 1. The normalized spacial score (nSPS) is 15.0. The zero-order chi connectivity index (χ0) is 51.2. The Morgan fingerprint density at radius 1 is 0.761 bits per heavy atom. The number of nitrogens with zero attached hydrogens (tertiary/aromatic N) is 6. The van der Waals surface area contributed by atoms with Crippen LogP contribution in [0.3, 0.4) is 0 Å². The number of amides is 1. The zero-order valence-electron chi connectivity index (χ0n) is 42.3. The van der Waals surface area contributed by atoms with E-state index in [9.17, 15) is 14.7 Å². The van der Waals surface area contributed by atoms with Gasteiger partial charge in [0.15, 0.2) is 0 Å². The van der Waals surface area contributed by atoms with Crippen molar-refractivity contribution in [1.29, 1.82) is 0 Å². The maximum Gasteiger partial charge on any atom is 0.305 e. The van der Waals surface area contributed by atoms with Gasteiger partial charge in [-0.3, -0.25) is 19.3 Å². The van der Waals surface area contributed by atoms with Gasteiger partial charge < -0.3 is 68.2 Å². The number of aliphatic hydroxyl groups excluding tert-OH is 1. The Morgan fingerprint density at radius 3 is 1.69 bits per heavy atom. The third-order valence-corrected chi connectivity index (χ3v) is 10.5.